The molecule has 0 aromatic carbocycles. The van der Waals surface area contributed by atoms with Crippen LogP contribution in [0.3, 0.4) is 0 Å². The lowest BCUT2D eigenvalue weighted by Gasteiger charge is -2.16. The van der Waals surface area contributed by atoms with E-state index in [1.807, 2.05) is 0 Å². The Hall–Kier alpha value is -1.34. The summed E-state index contributed by atoms with van der Waals surface area (Å²) in [7, 11) is 0. The SMILES string of the molecule is CC(CO)Nc1nc(C(F)(F)F)ccc1CN. The van der Waals surface area contributed by atoms with Crippen molar-refractivity contribution in [1.82, 2.24) is 4.98 Å². The maximum atomic E-state index is 12.5. The number of aliphatic hydroxyl groups is 1. The predicted molar refractivity (Wildman–Crippen MR) is 57.3 cm³/mol. The number of aromatic nitrogens is 1. The van der Waals surface area contributed by atoms with Crippen molar-refractivity contribution < 1.29 is 18.3 Å². The number of hydrogen-bond donors (Lipinski definition) is 3. The summed E-state index contributed by atoms with van der Waals surface area (Å²) in [5, 5.41) is 11.5. The predicted octanol–water partition coefficient (Wildman–Crippen LogP) is 1.35. The first kappa shape index (κ1) is 13.7. The van der Waals surface area contributed by atoms with E-state index in [1.165, 1.54) is 6.07 Å². The standard InChI is InChI=1S/C10H14F3N3O/c1-6(5-17)15-9-7(4-14)2-3-8(16-9)10(11,12)13/h2-3,6,17H,4-5,14H2,1H3,(H,15,16). The number of pyridine rings is 1. The normalized spacial score (nSPS) is 13.5. The third-order valence-electron chi connectivity index (χ3n) is 2.15. The van der Waals surface area contributed by atoms with Crippen molar-refractivity contribution in [2.24, 2.45) is 5.73 Å². The van der Waals surface area contributed by atoms with Gasteiger partial charge in [-0.1, -0.05) is 6.07 Å². The van der Waals surface area contributed by atoms with Gasteiger partial charge in [-0.05, 0) is 13.0 Å². The third-order valence-corrected chi connectivity index (χ3v) is 2.15. The average Bonchev–Trinajstić information content (AvgIpc) is 2.27. The molecule has 0 saturated heterocycles. The van der Waals surface area contributed by atoms with Crippen LogP contribution in [0.2, 0.25) is 0 Å². The van der Waals surface area contributed by atoms with Gasteiger partial charge in [0.1, 0.15) is 11.5 Å². The quantitative estimate of drug-likeness (QED) is 0.753. The van der Waals surface area contributed by atoms with Gasteiger partial charge in [0.2, 0.25) is 0 Å². The number of nitrogens with two attached hydrogens (primary N) is 1. The second-order valence-corrected chi connectivity index (χ2v) is 3.63. The zero-order valence-corrected chi connectivity index (χ0v) is 9.25. The number of halogens is 3. The van der Waals surface area contributed by atoms with Crippen LogP contribution in [0.1, 0.15) is 18.2 Å². The van der Waals surface area contributed by atoms with E-state index in [-0.39, 0.29) is 19.0 Å². The van der Waals surface area contributed by atoms with Crippen LogP contribution in [0.4, 0.5) is 19.0 Å². The third kappa shape index (κ3) is 3.57. The second-order valence-electron chi connectivity index (χ2n) is 3.63. The van der Waals surface area contributed by atoms with E-state index < -0.39 is 17.9 Å². The lowest BCUT2D eigenvalue weighted by Crippen LogP contribution is -2.22. The number of hydrogen-bond acceptors (Lipinski definition) is 4. The minimum atomic E-state index is -4.49. The molecule has 0 radical (unpaired) electrons. The van der Waals surface area contributed by atoms with E-state index in [0.717, 1.165) is 6.07 Å². The minimum absolute atomic E-state index is 0.0591. The molecule has 17 heavy (non-hydrogen) atoms. The van der Waals surface area contributed by atoms with E-state index in [0.29, 0.717) is 5.56 Å². The zero-order chi connectivity index (χ0) is 13.1. The minimum Gasteiger partial charge on any atom is -0.394 e. The van der Waals surface area contributed by atoms with Crippen LogP contribution in [0.5, 0.6) is 0 Å². The van der Waals surface area contributed by atoms with E-state index in [9.17, 15) is 13.2 Å². The Morgan fingerprint density at radius 3 is 2.59 bits per heavy atom. The molecule has 4 N–H and O–H groups in total. The Morgan fingerprint density at radius 2 is 2.12 bits per heavy atom. The monoisotopic (exact) mass is 249 g/mol. The molecular weight excluding hydrogens is 235 g/mol. The van der Waals surface area contributed by atoms with Gasteiger partial charge in [0.15, 0.2) is 0 Å². The molecule has 1 aromatic heterocycles. The molecule has 0 aliphatic rings. The van der Waals surface area contributed by atoms with Gasteiger partial charge in [0, 0.05) is 18.2 Å². The van der Waals surface area contributed by atoms with E-state index in [2.05, 4.69) is 10.3 Å². The van der Waals surface area contributed by atoms with Crippen molar-refractivity contribution >= 4 is 5.82 Å². The Balaban J connectivity index is 3.07. The van der Waals surface area contributed by atoms with Gasteiger partial charge in [0.25, 0.3) is 0 Å². The highest BCUT2D eigenvalue weighted by atomic mass is 19.4. The maximum Gasteiger partial charge on any atom is 0.433 e. The largest absolute Gasteiger partial charge is 0.433 e. The second kappa shape index (κ2) is 5.33. The van der Waals surface area contributed by atoms with Gasteiger partial charge in [0.05, 0.1) is 6.61 Å². The topological polar surface area (TPSA) is 71.2 Å². The van der Waals surface area contributed by atoms with Crippen LogP contribution in [0, 0.1) is 0 Å². The molecule has 1 aromatic rings. The van der Waals surface area contributed by atoms with Crippen LogP contribution >= 0.6 is 0 Å². The highest BCUT2D eigenvalue weighted by molar-refractivity contribution is 5.46. The Kier molecular flexibility index (Phi) is 4.30. The molecule has 0 spiro atoms. The van der Waals surface area contributed by atoms with E-state index in [1.54, 1.807) is 6.92 Å². The van der Waals surface area contributed by atoms with E-state index >= 15 is 0 Å². The van der Waals surface area contributed by atoms with Crippen molar-refractivity contribution in [1.29, 1.82) is 0 Å². The highest BCUT2D eigenvalue weighted by Crippen LogP contribution is 2.29. The number of rotatable bonds is 4. The molecule has 0 aliphatic carbocycles. The first-order valence-corrected chi connectivity index (χ1v) is 5.03. The molecule has 0 aliphatic heterocycles. The molecule has 1 rings (SSSR count). The summed E-state index contributed by atoms with van der Waals surface area (Å²) in [5.74, 6) is 0.0591. The molecule has 0 saturated carbocycles. The Morgan fingerprint density at radius 1 is 1.47 bits per heavy atom. The molecule has 1 heterocycles. The van der Waals surface area contributed by atoms with Gasteiger partial charge < -0.3 is 16.2 Å². The first-order valence-electron chi connectivity index (χ1n) is 5.03. The van der Waals surface area contributed by atoms with Gasteiger partial charge in [-0.15, -0.1) is 0 Å². The summed E-state index contributed by atoms with van der Waals surface area (Å²) >= 11 is 0. The molecular formula is C10H14F3N3O. The Bertz CT molecular complexity index is 382. The summed E-state index contributed by atoms with van der Waals surface area (Å²) in [6, 6.07) is 1.77. The molecule has 0 fully saturated rings. The van der Waals surface area contributed by atoms with Crippen LogP contribution in [-0.4, -0.2) is 22.7 Å². The lowest BCUT2D eigenvalue weighted by molar-refractivity contribution is -0.141. The van der Waals surface area contributed by atoms with Gasteiger partial charge in [-0.25, -0.2) is 4.98 Å². The van der Waals surface area contributed by atoms with Crippen molar-refractivity contribution in [3.05, 3.63) is 23.4 Å². The fraction of sp³-hybridized carbons (Fsp3) is 0.500. The fourth-order valence-electron chi connectivity index (χ4n) is 1.21. The summed E-state index contributed by atoms with van der Waals surface area (Å²) < 4.78 is 37.4. The molecule has 7 heteroatoms. The van der Waals surface area contributed by atoms with Gasteiger partial charge in [-0.2, -0.15) is 13.2 Å². The summed E-state index contributed by atoms with van der Waals surface area (Å²) in [5.41, 5.74) is 4.89. The highest BCUT2D eigenvalue weighted by Gasteiger charge is 2.33. The number of nitrogens with zero attached hydrogens (tertiary/aromatic N) is 1. The van der Waals surface area contributed by atoms with Crippen molar-refractivity contribution in [3.8, 4) is 0 Å². The van der Waals surface area contributed by atoms with Crippen LogP contribution in [0.25, 0.3) is 0 Å². The first-order chi connectivity index (χ1) is 7.88. The molecule has 1 unspecified atom stereocenters. The molecule has 0 bridgehead atoms. The lowest BCUT2D eigenvalue weighted by atomic mass is 10.2. The van der Waals surface area contributed by atoms with Crippen molar-refractivity contribution in [3.63, 3.8) is 0 Å². The van der Waals surface area contributed by atoms with Crippen LogP contribution in [-0.2, 0) is 12.7 Å². The van der Waals surface area contributed by atoms with Crippen molar-refractivity contribution in [2.45, 2.75) is 25.7 Å². The number of alkyl halides is 3. The maximum absolute atomic E-state index is 12.5. The van der Waals surface area contributed by atoms with Crippen molar-refractivity contribution in [2.75, 3.05) is 11.9 Å². The van der Waals surface area contributed by atoms with Gasteiger partial charge in [-0.3, -0.25) is 0 Å². The van der Waals surface area contributed by atoms with Crippen LogP contribution < -0.4 is 11.1 Å². The summed E-state index contributed by atoms with van der Waals surface area (Å²) in [4.78, 5) is 3.48. The average molecular weight is 249 g/mol. The molecule has 96 valence electrons. The molecule has 4 nitrogen and oxygen atoms in total. The zero-order valence-electron chi connectivity index (χ0n) is 9.25. The van der Waals surface area contributed by atoms with Gasteiger partial charge >= 0.3 is 6.18 Å². The Labute approximate surface area is 96.7 Å². The summed E-state index contributed by atoms with van der Waals surface area (Å²) in [6.07, 6.45) is -4.49. The molecule has 1 atom stereocenters. The molecule has 0 amide bonds. The summed E-state index contributed by atoms with van der Waals surface area (Å²) in [6.45, 7) is 1.50. The fourth-order valence-corrected chi connectivity index (χ4v) is 1.21. The number of nitrogens with one attached hydrogen (secondary N) is 1. The number of anilines is 1. The number of aliphatic hydroxyl groups excluding tert-OH is 1. The smallest absolute Gasteiger partial charge is 0.394 e. The van der Waals surface area contributed by atoms with Crippen LogP contribution in [0.15, 0.2) is 12.1 Å². The van der Waals surface area contributed by atoms with E-state index in [4.69, 9.17) is 10.8 Å².